The molecular weight excluding hydrogens is 258 g/mol. The maximum atomic E-state index is 6.00. The third-order valence-corrected chi connectivity index (χ3v) is 4.18. The van der Waals surface area contributed by atoms with Crippen LogP contribution in [0.25, 0.3) is 10.9 Å². The Hall–Kier alpha value is -2.55. The van der Waals surface area contributed by atoms with Gasteiger partial charge in [0.05, 0.1) is 11.2 Å². The molecule has 1 aliphatic rings. The molecular formula is C18H17N3. The van der Waals surface area contributed by atoms with Crippen LogP contribution in [0.3, 0.4) is 0 Å². The standard InChI is InChI=1S/C18H17N3/c19-16-6-2-5-15-17(9-10-20-18(15)16)21-14-8-7-12-3-1-4-13(12)11-14/h2,5-11H,1,3-4,19H2,(H,20,21). The average molecular weight is 275 g/mol. The first-order chi connectivity index (χ1) is 10.3. The van der Waals surface area contributed by atoms with E-state index in [1.807, 2.05) is 24.3 Å². The number of para-hydroxylation sites is 1. The van der Waals surface area contributed by atoms with E-state index in [0.717, 1.165) is 22.3 Å². The number of nitrogens with one attached hydrogen (secondary N) is 1. The Morgan fingerprint density at radius 2 is 1.90 bits per heavy atom. The Balaban J connectivity index is 1.76. The third kappa shape index (κ3) is 2.11. The predicted octanol–water partition coefficient (Wildman–Crippen LogP) is 4.05. The molecule has 0 radical (unpaired) electrons. The number of pyridine rings is 1. The summed E-state index contributed by atoms with van der Waals surface area (Å²) in [5.74, 6) is 0. The van der Waals surface area contributed by atoms with Crippen LogP contribution in [0, 0.1) is 0 Å². The first-order valence-electron chi connectivity index (χ1n) is 7.33. The topological polar surface area (TPSA) is 50.9 Å². The molecule has 3 N–H and O–H groups in total. The molecule has 3 aromatic rings. The Labute approximate surface area is 123 Å². The van der Waals surface area contributed by atoms with Gasteiger partial charge in [-0.25, -0.2) is 0 Å². The van der Waals surface area contributed by atoms with E-state index >= 15 is 0 Å². The SMILES string of the molecule is Nc1cccc2c(Nc3ccc4c(c3)CCC4)ccnc12. The van der Waals surface area contributed by atoms with Gasteiger partial charge in [0.25, 0.3) is 0 Å². The van der Waals surface area contributed by atoms with Crippen molar-refractivity contribution in [2.45, 2.75) is 19.3 Å². The van der Waals surface area contributed by atoms with Crippen molar-refractivity contribution in [2.75, 3.05) is 11.1 Å². The summed E-state index contributed by atoms with van der Waals surface area (Å²) < 4.78 is 0. The molecule has 3 heteroatoms. The van der Waals surface area contributed by atoms with Crippen molar-refractivity contribution >= 4 is 28.0 Å². The number of nitrogen functional groups attached to an aromatic ring is 1. The number of nitrogens with two attached hydrogens (primary N) is 1. The minimum Gasteiger partial charge on any atom is -0.397 e. The largest absolute Gasteiger partial charge is 0.397 e. The Morgan fingerprint density at radius 1 is 1.00 bits per heavy atom. The summed E-state index contributed by atoms with van der Waals surface area (Å²) in [6, 6.07) is 14.6. The summed E-state index contributed by atoms with van der Waals surface area (Å²) in [5, 5.41) is 4.56. The van der Waals surface area contributed by atoms with Crippen molar-refractivity contribution in [3.05, 3.63) is 59.8 Å². The first kappa shape index (κ1) is 12.2. The normalized spacial score (nSPS) is 13.3. The van der Waals surface area contributed by atoms with E-state index in [0.29, 0.717) is 5.69 Å². The summed E-state index contributed by atoms with van der Waals surface area (Å²) in [4.78, 5) is 4.38. The molecule has 0 amide bonds. The highest BCUT2D eigenvalue weighted by molar-refractivity contribution is 5.98. The third-order valence-electron chi connectivity index (χ3n) is 4.18. The lowest BCUT2D eigenvalue weighted by Crippen LogP contribution is -1.96. The van der Waals surface area contributed by atoms with E-state index in [4.69, 9.17) is 5.73 Å². The molecule has 0 spiro atoms. The van der Waals surface area contributed by atoms with Gasteiger partial charge in [0.15, 0.2) is 0 Å². The zero-order valence-electron chi connectivity index (χ0n) is 11.8. The molecule has 1 heterocycles. The minimum atomic E-state index is 0.713. The summed E-state index contributed by atoms with van der Waals surface area (Å²) in [6.07, 6.45) is 5.47. The number of aryl methyl sites for hydroxylation is 2. The van der Waals surface area contributed by atoms with Crippen LogP contribution < -0.4 is 11.1 Å². The molecule has 1 aromatic heterocycles. The Kier molecular flexibility index (Phi) is 2.78. The maximum Gasteiger partial charge on any atom is 0.0951 e. The van der Waals surface area contributed by atoms with Crippen molar-refractivity contribution in [3.8, 4) is 0 Å². The fraction of sp³-hybridized carbons (Fsp3) is 0.167. The van der Waals surface area contributed by atoms with Gasteiger partial charge in [-0.1, -0.05) is 18.2 Å². The smallest absolute Gasteiger partial charge is 0.0951 e. The van der Waals surface area contributed by atoms with Gasteiger partial charge in [-0.05, 0) is 54.7 Å². The number of benzene rings is 2. The van der Waals surface area contributed by atoms with Crippen LogP contribution in [0.4, 0.5) is 17.1 Å². The van der Waals surface area contributed by atoms with Gasteiger partial charge in [0, 0.05) is 23.0 Å². The Morgan fingerprint density at radius 3 is 2.86 bits per heavy atom. The van der Waals surface area contributed by atoms with Crippen molar-refractivity contribution in [2.24, 2.45) is 0 Å². The van der Waals surface area contributed by atoms with Gasteiger partial charge < -0.3 is 11.1 Å². The van der Waals surface area contributed by atoms with E-state index < -0.39 is 0 Å². The number of rotatable bonds is 2. The molecule has 0 atom stereocenters. The highest BCUT2D eigenvalue weighted by atomic mass is 14.9. The fourth-order valence-corrected chi connectivity index (χ4v) is 3.11. The second-order valence-corrected chi connectivity index (χ2v) is 5.56. The van der Waals surface area contributed by atoms with E-state index in [9.17, 15) is 0 Å². The average Bonchev–Trinajstić information content (AvgIpc) is 2.96. The molecule has 0 bridgehead atoms. The molecule has 104 valence electrons. The molecule has 1 aliphatic carbocycles. The predicted molar refractivity (Wildman–Crippen MR) is 87.9 cm³/mol. The minimum absolute atomic E-state index is 0.713. The lowest BCUT2D eigenvalue weighted by atomic mass is 10.1. The Bertz CT molecular complexity index is 824. The first-order valence-corrected chi connectivity index (χ1v) is 7.33. The zero-order chi connectivity index (χ0) is 14.2. The second kappa shape index (κ2) is 4.77. The summed E-state index contributed by atoms with van der Waals surface area (Å²) in [5.41, 5.74) is 12.7. The van der Waals surface area contributed by atoms with Crippen LogP contribution in [0.15, 0.2) is 48.7 Å². The summed E-state index contributed by atoms with van der Waals surface area (Å²) in [7, 11) is 0. The van der Waals surface area contributed by atoms with Gasteiger partial charge in [-0.2, -0.15) is 0 Å². The van der Waals surface area contributed by atoms with Crippen LogP contribution in [-0.4, -0.2) is 4.98 Å². The highest BCUT2D eigenvalue weighted by Crippen LogP contribution is 2.30. The quantitative estimate of drug-likeness (QED) is 0.694. The fourth-order valence-electron chi connectivity index (χ4n) is 3.11. The maximum absolute atomic E-state index is 6.00. The van der Waals surface area contributed by atoms with Crippen LogP contribution >= 0.6 is 0 Å². The molecule has 4 rings (SSSR count). The lowest BCUT2D eigenvalue weighted by Gasteiger charge is -2.11. The number of fused-ring (bicyclic) bond motifs is 2. The molecule has 3 nitrogen and oxygen atoms in total. The van der Waals surface area contributed by atoms with Gasteiger partial charge in [-0.15, -0.1) is 0 Å². The van der Waals surface area contributed by atoms with E-state index in [1.165, 1.54) is 30.4 Å². The number of hydrogen-bond donors (Lipinski definition) is 2. The van der Waals surface area contributed by atoms with Crippen molar-refractivity contribution in [1.82, 2.24) is 4.98 Å². The number of aromatic nitrogens is 1. The van der Waals surface area contributed by atoms with Crippen LogP contribution in [-0.2, 0) is 12.8 Å². The van der Waals surface area contributed by atoms with Crippen LogP contribution in [0.1, 0.15) is 17.5 Å². The van der Waals surface area contributed by atoms with Gasteiger partial charge >= 0.3 is 0 Å². The molecule has 0 saturated carbocycles. The van der Waals surface area contributed by atoms with E-state index in [2.05, 4.69) is 28.5 Å². The van der Waals surface area contributed by atoms with E-state index in [1.54, 1.807) is 6.20 Å². The summed E-state index contributed by atoms with van der Waals surface area (Å²) in [6.45, 7) is 0. The van der Waals surface area contributed by atoms with Crippen LogP contribution in [0.5, 0.6) is 0 Å². The lowest BCUT2D eigenvalue weighted by molar-refractivity contribution is 0.912. The van der Waals surface area contributed by atoms with Crippen LogP contribution in [0.2, 0.25) is 0 Å². The van der Waals surface area contributed by atoms with Gasteiger partial charge in [0.1, 0.15) is 0 Å². The number of anilines is 3. The molecule has 0 saturated heterocycles. The van der Waals surface area contributed by atoms with E-state index in [-0.39, 0.29) is 0 Å². The number of nitrogens with zero attached hydrogens (tertiary/aromatic N) is 1. The van der Waals surface area contributed by atoms with Gasteiger partial charge in [-0.3, -0.25) is 4.98 Å². The molecule has 0 unspecified atom stereocenters. The van der Waals surface area contributed by atoms with Crippen molar-refractivity contribution in [3.63, 3.8) is 0 Å². The molecule has 0 aliphatic heterocycles. The molecule has 2 aromatic carbocycles. The second-order valence-electron chi connectivity index (χ2n) is 5.56. The van der Waals surface area contributed by atoms with Crippen molar-refractivity contribution < 1.29 is 0 Å². The monoisotopic (exact) mass is 275 g/mol. The summed E-state index contributed by atoms with van der Waals surface area (Å²) >= 11 is 0. The molecule has 0 fully saturated rings. The molecule has 21 heavy (non-hydrogen) atoms. The number of hydrogen-bond acceptors (Lipinski definition) is 3. The zero-order valence-corrected chi connectivity index (χ0v) is 11.8. The van der Waals surface area contributed by atoms with Gasteiger partial charge in [0.2, 0.25) is 0 Å². The highest BCUT2D eigenvalue weighted by Gasteiger charge is 2.11. The van der Waals surface area contributed by atoms with Crippen molar-refractivity contribution in [1.29, 1.82) is 0 Å².